The van der Waals surface area contributed by atoms with Crippen LogP contribution in [0.3, 0.4) is 0 Å². The van der Waals surface area contributed by atoms with Crippen molar-refractivity contribution in [3.8, 4) is 22.3 Å². The molecule has 8 aromatic rings. The Morgan fingerprint density at radius 3 is 1.73 bits per heavy atom. The van der Waals surface area contributed by atoms with Crippen LogP contribution < -0.4 is 31.1 Å². The van der Waals surface area contributed by atoms with Crippen LogP contribution in [-0.2, 0) is 21.7 Å². The van der Waals surface area contributed by atoms with Crippen molar-refractivity contribution in [3.63, 3.8) is 0 Å². The Bertz CT molecular complexity index is 3470. The first kappa shape index (κ1) is 47.2. The van der Waals surface area contributed by atoms with Gasteiger partial charge in [-0.15, -0.1) is 0 Å². The summed E-state index contributed by atoms with van der Waals surface area (Å²) in [4.78, 5) is 12.4. The fourth-order valence-electron chi connectivity index (χ4n) is 13.3. The van der Waals surface area contributed by atoms with Crippen LogP contribution in [0.1, 0.15) is 130 Å². The van der Waals surface area contributed by atoms with E-state index in [1.165, 1.54) is 125 Å². The SMILES string of the molecule is Cc1cc2c3c(c1)N(c1ccc(C(C)(C)C)cc1-c1ccccc1)c1cc(C(C)(C)C)ccc1B3c1ccc(N3c4ccc(-c5ccncc5)cc4C4(C)CCCCC34C)cc1N2c1ccc(C(C)(C)C)cc1. The molecule has 366 valence electrons. The first-order chi connectivity index (χ1) is 34.7. The van der Waals surface area contributed by atoms with Gasteiger partial charge in [-0.1, -0.05) is 155 Å². The van der Waals surface area contributed by atoms with Gasteiger partial charge in [-0.25, -0.2) is 0 Å². The fraction of sp³-hybridized carbons (Fsp3) is 0.309. The number of nitrogens with zero attached hydrogens (tertiary/aromatic N) is 4. The van der Waals surface area contributed by atoms with Crippen molar-refractivity contribution in [2.75, 3.05) is 14.7 Å². The Labute approximate surface area is 436 Å². The van der Waals surface area contributed by atoms with E-state index in [-0.39, 0.29) is 33.9 Å². The molecule has 4 nitrogen and oxygen atoms in total. The summed E-state index contributed by atoms with van der Waals surface area (Å²) in [5, 5.41) is 0. The number of aryl methyl sites for hydroxylation is 1. The summed E-state index contributed by atoms with van der Waals surface area (Å²) >= 11 is 0. The molecule has 0 amide bonds. The van der Waals surface area contributed by atoms with E-state index in [2.05, 4.69) is 254 Å². The minimum Gasteiger partial charge on any atom is -0.334 e. The molecular weight excluding hydrogens is 884 g/mol. The molecule has 7 aromatic carbocycles. The van der Waals surface area contributed by atoms with Gasteiger partial charge in [-0.2, -0.15) is 0 Å². The minimum absolute atomic E-state index is 0.00152. The summed E-state index contributed by atoms with van der Waals surface area (Å²) in [5.74, 6) is 0. The largest absolute Gasteiger partial charge is 0.334 e. The quantitative estimate of drug-likeness (QED) is 0.160. The number of fused-ring (bicyclic) bond motifs is 7. The van der Waals surface area contributed by atoms with Gasteiger partial charge >= 0.3 is 0 Å². The van der Waals surface area contributed by atoms with Crippen LogP contribution in [0.5, 0.6) is 0 Å². The highest BCUT2D eigenvalue weighted by Gasteiger charge is 2.58. The second-order valence-electron chi connectivity index (χ2n) is 25.3. The lowest BCUT2D eigenvalue weighted by molar-refractivity contribution is 0.195. The van der Waals surface area contributed by atoms with E-state index >= 15 is 0 Å². The molecule has 73 heavy (non-hydrogen) atoms. The molecule has 4 heterocycles. The molecule has 2 unspecified atom stereocenters. The number of pyridine rings is 1. The number of benzene rings is 7. The Hall–Kier alpha value is -6.85. The van der Waals surface area contributed by atoms with Crippen LogP contribution >= 0.6 is 0 Å². The zero-order valence-electron chi connectivity index (χ0n) is 45.3. The Balaban J connectivity index is 1.13. The van der Waals surface area contributed by atoms with Gasteiger partial charge in [-0.3, -0.25) is 4.98 Å². The molecule has 0 radical (unpaired) electrons. The summed E-state index contributed by atoms with van der Waals surface area (Å²) in [5.41, 5.74) is 25.4. The molecule has 1 aromatic heterocycles. The number of hydrogen-bond acceptors (Lipinski definition) is 4. The first-order valence-corrected chi connectivity index (χ1v) is 26.9. The number of rotatable bonds is 5. The normalized spacial score (nSPS) is 19.0. The highest BCUT2D eigenvalue weighted by molar-refractivity contribution is 7.00. The fourth-order valence-corrected chi connectivity index (χ4v) is 13.3. The minimum atomic E-state index is -0.117. The number of aromatic nitrogens is 1. The van der Waals surface area contributed by atoms with Crippen molar-refractivity contribution in [1.29, 1.82) is 0 Å². The van der Waals surface area contributed by atoms with E-state index in [4.69, 9.17) is 0 Å². The molecular formula is C68H71BN4. The predicted octanol–water partition coefficient (Wildman–Crippen LogP) is 16.4. The molecule has 12 rings (SSSR count). The van der Waals surface area contributed by atoms with Gasteiger partial charge in [0, 0.05) is 63.2 Å². The topological polar surface area (TPSA) is 22.6 Å². The van der Waals surface area contributed by atoms with Gasteiger partial charge < -0.3 is 14.7 Å². The van der Waals surface area contributed by atoms with Gasteiger partial charge in [0.2, 0.25) is 0 Å². The van der Waals surface area contributed by atoms with Crippen LogP contribution in [0.25, 0.3) is 22.3 Å². The second kappa shape index (κ2) is 16.6. The summed E-state index contributed by atoms with van der Waals surface area (Å²) in [6.07, 6.45) is 8.58. The van der Waals surface area contributed by atoms with Crippen molar-refractivity contribution in [1.82, 2.24) is 4.98 Å². The first-order valence-electron chi connectivity index (χ1n) is 26.9. The van der Waals surface area contributed by atoms with E-state index in [0.717, 1.165) is 12.8 Å². The molecule has 3 aliphatic heterocycles. The van der Waals surface area contributed by atoms with E-state index < -0.39 is 0 Å². The Kier molecular flexibility index (Phi) is 10.7. The maximum atomic E-state index is 4.36. The van der Waals surface area contributed by atoms with Crippen molar-refractivity contribution in [2.45, 2.75) is 136 Å². The van der Waals surface area contributed by atoms with E-state index in [1.807, 2.05) is 12.4 Å². The number of anilines is 8. The maximum absolute atomic E-state index is 4.36. The van der Waals surface area contributed by atoms with Crippen LogP contribution in [0.4, 0.5) is 45.5 Å². The lowest BCUT2D eigenvalue weighted by Gasteiger charge is -2.50. The summed E-state index contributed by atoms with van der Waals surface area (Å²) in [7, 11) is 0. The standard InChI is InChI=1S/C68H71BN4/c1-44-38-61-63-62(39-44)72(57-31-24-49(65(5,6)7)41-53(57)46-18-14-13-15-19-46)59-42-50(66(8,9)10)23-28-55(59)69(63)56-29-27-52(43-60(56)71(61)51-25-21-48(22-26-51)64(2,3)4)73-58-30-20-47(45-32-36-70-37-33-45)40-54(58)67(11)34-16-17-35-68(67,73)12/h13-15,18-33,36-43H,16-17,34-35H2,1-12H3. The van der Waals surface area contributed by atoms with E-state index in [9.17, 15) is 0 Å². The zero-order chi connectivity index (χ0) is 51.0. The van der Waals surface area contributed by atoms with Gasteiger partial charge in [0.05, 0.1) is 11.2 Å². The average molecular weight is 955 g/mol. The number of hydrogen-bond donors (Lipinski definition) is 0. The van der Waals surface area contributed by atoms with Crippen LogP contribution in [0, 0.1) is 6.92 Å². The molecule has 0 N–H and O–H groups in total. The van der Waals surface area contributed by atoms with E-state index in [1.54, 1.807) is 0 Å². The van der Waals surface area contributed by atoms with Crippen molar-refractivity contribution < 1.29 is 0 Å². The van der Waals surface area contributed by atoms with Crippen LogP contribution in [0.15, 0.2) is 164 Å². The summed E-state index contributed by atoms with van der Waals surface area (Å²) < 4.78 is 0. The van der Waals surface area contributed by atoms with Crippen molar-refractivity contribution >= 4 is 68.6 Å². The van der Waals surface area contributed by atoms with Gasteiger partial charge in [-0.05, 0) is 183 Å². The predicted molar refractivity (Wildman–Crippen MR) is 313 cm³/mol. The third-order valence-corrected chi connectivity index (χ3v) is 17.6. The molecule has 2 atom stereocenters. The van der Waals surface area contributed by atoms with Gasteiger partial charge in [0.25, 0.3) is 6.71 Å². The zero-order valence-corrected chi connectivity index (χ0v) is 45.3. The highest BCUT2D eigenvalue weighted by Crippen LogP contribution is 2.62. The highest BCUT2D eigenvalue weighted by atomic mass is 15.3. The van der Waals surface area contributed by atoms with Crippen molar-refractivity contribution in [3.05, 3.63) is 192 Å². The molecule has 0 bridgehead atoms. The maximum Gasteiger partial charge on any atom is 0.252 e. The molecule has 1 saturated carbocycles. The average Bonchev–Trinajstić information content (AvgIpc) is 3.58. The Morgan fingerprint density at radius 2 is 1.04 bits per heavy atom. The second-order valence-corrected chi connectivity index (χ2v) is 25.3. The van der Waals surface area contributed by atoms with E-state index in [0.29, 0.717) is 0 Å². The third kappa shape index (κ3) is 7.42. The molecule has 0 spiro atoms. The van der Waals surface area contributed by atoms with Crippen molar-refractivity contribution in [2.24, 2.45) is 0 Å². The lowest BCUT2D eigenvalue weighted by Crippen LogP contribution is -2.61. The van der Waals surface area contributed by atoms with Crippen LogP contribution in [-0.4, -0.2) is 17.2 Å². The van der Waals surface area contributed by atoms with Crippen LogP contribution in [0.2, 0.25) is 0 Å². The summed E-state index contributed by atoms with van der Waals surface area (Å²) in [6, 6.07) is 59.2. The third-order valence-electron chi connectivity index (χ3n) is 17.6. The lowest BCUT2D eigenvalue weighted by atomic mass is 9.33. The van der Waals surface area contributed by atoms with Gasteiger partial charge in [0.15, 0.2) is 0 Å². The van der Waals surface area contributed by atoms with Gasteiger partial charge in [0.1, 0.15) is 0 Å². The molecule has 1 fully saturated rings. The smallest absolute Gasteiger partial charge is 0.252 e. The molecule has 1 aliphatic carbocycles. The molecule has 5 heteroatoms. The molecule has 4 aliphatic rings. The monoisotopic (exact) mass is 955 g/mol. The molecule has 0 saturated heterocycles. The summed E-state index contributed by atoms with van der Waals surface area (Å²) in [6.45, 7) is 28.4. The Morgan fingerprint density at radius 1 is 0.466 bits per heavy atom.